The molecule has 3 aromatic rings. The van der Waals surface area contributed by atoms with Crippen LogP contribution in [0.2, 0.25) is 0 Å². The van der Waals surface area contributed by atoms with Gasteiger partial charge in [-0.3, -0.25) is 0 Å². The van der Waals surface area contributed by atoms with E-state index in [0.717, 1.165) is 11.3 Å². The minimum atomic E-state index is 0.419. The van der Waals surface area contributed by atoms with Gasteiger partial charge in [0.05, 0.1) is 18.1 Å². The van der Waals surface area contributed by atoms with Crippen molar-refractivity contribution < 1.29 is 0 Å². The first-order valence-corrected chi connectivity index (χ1v) is 5.43. The van der Waals surface area contributed by atoms with Gasteiger partial charge in [-0.25, -0.2) is 9.97 Å². The summed E-state index contributed by atoms with van der Waals surface area (Å²) in [6.07, 6.45) is 3.24. The van der Waals surface area contributed by atoms with E-state index < -0.39 is 0 Å². The molecule has 5 heteroatoms. The van der Waals surface area contributed by atoms with Crippen LogP contribution in [0.3, 0.4) is 0 Å². The highest BCUT2D eigenvalue weighted by Crippen LogP contribution is 2.19. The summed E-state index contributed by atoms with van der Waals surface area (Å²) in [4.78, 5) is 14.4. The predicted molar refractivity (Wildman–Crippen MR) is 66.3 cm³/mol. The number of imidazole rings is 2. The smallest absolute Gasteiger partial charge is 0.174 e. The number of aromatic nitrogens is 4. The van der Waals surface area contributed by atoms with Gasteiger partial charge in [-0.05, 0) is 5.56 Å². The molecule has 0 aliphatic carbocycles. The lowest BCUT2D eigenvalue weighted by molar-refractivity contribution is 1.19. The van der Waals surface area contributed by atoms with E-state index in [9.17, 15) is 0 Å². The van der Waals surface area contributed by atoms with E-state index in [1.54, 1.807) is 6.20 Å². The minimum Gasteiger partial charge on any atom is -0.335 e. The number of aromatic amines is 2. The summed E-state index contributed by atoms with van der Waals surface area (Å²) in [5.74, 6) is 1.18. The molecule has 0 saturated heterocycles. The van der Waals surface area contributed by atoms with Crippen molar-refractivity contribution in [1.82, 2.24) is 19.9 Å². The van der Waals surface area contributed by atoms with Crippen molar-refractivity contribution in [2.45, 2.75) is 0 Å². The standard InChI is InChI=1S/C13H9N5/c14-6-10-7-15-12(17-10)13-16-8-11(18-13)9-4-2-1-3-5-9/h1-5,7-8H,(H,15,17)(H,16,18). The van der Waals surface area contributed by atoms with Crippen LogP contribution < -0.4 is 0 Å². The quantitative estimate of drug-likeness (QED) is 0.715. The van der Waals surface area contributed by atoms with Crippen LogP contribution in [-0.4, -0.2) is 19.9 Å². The van der Waals surface area contributed by atoms with E-state index in [2.05, 4.69) is 19.9 Å². The number of hydrogen-bond donors (Lipinski definition) is 2. The zero-order valence-electron chi connectivity index (χ0n) is 9.38. The van der Waals surface area contributed by atoms with E-state index in [1.165, 1.54) is 6.20 Å². The molecule has 0 spiro atoms. The number of benzene rings is 1. The number of nitrogens with zero attached hydrogens (tertiary/aromatic N) is 3. The Balaban J connectivity index is 1.97. The molecule has 0 saturated carbocycles. The molecule has 18 heavy (non-hydrogen) atoms. The molecule has 86 valence electrons. The predicted octanol–water partition coefficient (Wildman–Crippen LogP) is 2.34. The van der Waals surface area contributed by atoms with E-state index >= 15 is 0 Å². The van der Waals surface area contributed by atoms with Crippen molar-refractivity contribution in [3.8, 4) is 29.0 Å². The van der Waals surface area contributed by atoms with Crippen LogP contribution in [-0.2, 0) is 0 Å². The Morgan fingerprint density at radius 2 is 1.67 bits per heavy atom. The minimum absolute atomic E-state index is 0.419. The Morgan fingerprint density at radius 1 is 0.944 bits per heavy atom. The first kappa shape index (κ1) is 10.3. The third-order valence-corrected chi connectivity index (χ3v) is 2.58. The fourth-order valence-corrected chi connectivity index (χ4v) is 1.70. The highest BCUT2D eigenvalue weighted by molar-refractivity contribution is 5.61. The fourth-order valence-electron chi connectivity index (χ4n) is 1.70. The van der Waals surface area contributed by atoms with Gasteiger partial charge in [0, 0.05) is 0 Å². The first-order chi connectivity index (χ1) is 8.86. The highest BCUT2D eigenvalue weighted by Gasteiger charge is 2.08. The molecule has 0 unspecified atom stereocenters. The van der Waals surface area contributed by atoms with E-state index in [1.807, 2.05) is 36.4 Å². The zero-order chi connectivity index (χ0) is 12.4. The van der Waals surface area contributed by atoms with Crippen LogP contribution >= 0.6 is 0 Å². The Labute approximate surface area is 103 Å². The van der Waals surface area contributed by atoms with E-state index in [0.29, 0.717) is 17.3 Å². The number of rotatable bonds is 2. The summed E-state index contributed by atoms with van der Waals surface area (Å²) >= 11 is 0. The first-order valence-electron chi connectivity index (χ1n) is 5.43. The van der Waals surface area contributed by atoms with Crippen molar-refractivity contribution in [2.75, 3.05) is 0 Å². The van der Waals surface area contributed by atoms with Gasteiger partial charge in [0.15, 0.2) is 11.6 Å². The molecule has 0 radical (unpaired) electrons. The van der Waals surface area contributed by atoms with Gasteiger partial charge in [0.2, 0.25) is 0 Å². The van der Waals surface area contributed by atoms with Crippen molar-refractivity contribution in [2.24, 2.45) is 0 Å². The van der Waals surface area contributed by atoms with Crippen LogP contribution in [0, 0.1) is 11.3 Å². The van der Waals surface area contributed by atoms with Gasteiger partial charge < -0.3 is 9.97 Å². The molecule has 2 aromatic heterocycles. The van der Waals surface area contributed by atoms with Gasteiger partial charge in [-0.15, -0.1) is 0 Å². The summed E-state index contributed by atoms with van der Waals surface area (Å²) in [7, 11) is 0. The second kappa shape index (κ2) is 4.18. The lowest BCUT2D eigenvalue weighted by Crippen LogP contribution is -1.83. The van der Waals surface area contributed by atoms with Gasteiger partial charge in [0.25, 0.3) is 0 Å². The van der Waals surface area contributed by atoms with Crippen molar-refractivity contribution >= 4 is 0 Å². The lowest BCUT2D eigenvalue weighted by Gasteiger charge is -1.95. The Hall–Kier alpha value is -2.87. The average molecular weight is 235 g/mol. The van der Waals surface area contributed by atoms with Crippen molar-refractivity contribution in [3.63, 3.8) is 0 Å². The molecule has 2 heterocycles. The van der Waals surface area contributed by atoms with E-state index in [4.69, 9.17) is 5.26 Å². The molecule has 2 N–H and O–H groups in total. The van der Waals surface area contributed by atoms with Gasteiger partial charge in [0.1, 0.15) is 11.8 Å². The van der Waals surface area contributed by atoms with Gasteiger partial charge in [-0.2, -0.15) is 5.26 Å². The third-order valence-electron chi connectivity index (χ3n) is 2.58. The van der Waals surface area contributed by atoms with E-state index in [-0.39, 0.29) is 0 Å². The van der Waals surface area contributed by atoms with Gasteiger partial charge in [-0.1, -0.05) is 30.3 Å². The molecule has 1 aromatic carbocycles. The highest BCUT2D eigenvalue weighted by atomic mass is 15.0. The molecule has 0 amide bonds. The summed E-state index contributed by atoms with van der Waals surface area (Å²) in [6.45, 7) is 0. The summed E-state index contributed by atoms with van der Waals surface area (Å²) in [5, 5.41) is 8.73. The number of nitriles is 1. The van der Waals surface area contributed by atoms with Crippen LogP contribution in [0.4, 0.5) is 0 Å². The van der Waals surface area contributed by atoms with Crippen LogP contribution in [0.5, 0.6) is 0 Å². The molecule has 5 nitrogen and oxygen atoms in total. The summed E-state index contributed by atoms with van der Waals surface area (Å²) < 4.78 is 0. The second-order valence-corrected chi connectivity index (χ2v) is 3.77. The topological polar surface area (TPSA) is 81.2 Å². The third kappa shape index (κ3) is 1.76. The summed E-state index contributed by atoms with van der Waals surface area (Å²) in [5.41, 5.74) is 2.39. The number of hydrogen-bond acceptors (Lipinski definition) is 3. The molecule has 0 bridgehead atoms. The Morgan fingerprint density at radius 3 is 2.39 bits per heavy atom. The molecular formula is C13H9N5. The molecule has 0 fully saturated rings. The second-order valence-electron chi connectivity index (χ2n) is 3.77. The lowest BCUT2D eigenvalue weighted by atomic mass is 10.2. The maximum Gasteiger partial charge on any atom is 0.174 e. The monoisotopic (exact) mass is 235 g/mol. The van der Waals surface area contributed by atoms with Crippen LogP contribution in [0.25, 0.3) is 22.9 Å². The van der Waals surface area contributed by atoms with Crippen LogP contribution in [0.15, 0.2) is 42.7 Å². The maximum atomic E-state index is 8.73. The number of nitrogens with one attached hydrogen (secondary N) is 2. The SMILES string of the molecule is N#Cc1cnc(-c2ncc(-c3ccccc3)[nH]2)[nH]1. The fraction of sp³-hybridized carbons (Fsp3) is 0. The van der Waals surface area contributed by atoms with Crippen molar-refractivity contribution in [1.29, 1.82) is 5.26 Å². The molecule has 0 aliphatic rings. The Bertz CT molecular complexity index is 702. The van der Waals surface area contributed by atoms with Crippen LogP contribution in [0.1, 0.15) is 5.69 Å². The van der Waals surface area contributed by atoms with Gasteiger partial charge >= 0.3 is 0 Å². The average Bonchev–Trinajstić information content (AvgIpc) is 3.08. The van der Waals surface area contributed by atoms with Crippen molar-refractivity contribution in [3.05, 3.63) is 48.4 Å². The normalized spacial score (nSPS) is 10.2. The largest absolute Gasteiger partial charge is 0.335 e. The zero-order valence-corrected chi connectivity index (χ0v) is 9.38. The maximum absolute atomic E-state index is 8.73. The molecular weight excluding hydrogens is 226 g/mol. The number of H-pyrrole nitrogens is 2. The molecule has 0 aliphatic heterocycles. The molecule has 0 atom stereocenters. The Kier molecular flexibility index (Phi) is 2.39. The molecule has 3 rings (SSSR count). The summed E-state index contributed by atoms with van der Waals surface area (Å²) in [6, 6.07) is 11.9.